The fourth-order valence-electron chi connectivity index (χ4n) is 2.27. The van der Waals surface area contributed by atoms with Gasteiger partial charge in [-0.1, -0.05) is 43.0 Å². The lowest BCUT2D eigenvalue weighted by molar-refractivity contribution is 0.0503. The van der Waals surface area contributed by atoms with Crippen molar-refractivity contribution in [2.24, 2.45) is 4.99 Å². The first kappa shape index (κ1) is 15.7. The maximum absolute atomic E-state index is 5.96. The van der Waals surface area contributed by atoms with Crippen molar-refractivity contribution in [1.29, 1.82) is 0 Å². The molecular weight excluding hydrogens is 260 g/mol. The van der Waals surface area contributed by atoms with Gasteiger partial charge in [-0.25, -0.2) is 0 Å². The summed E-state index contributed by atoms with van der Waals surface area (Å²) in [7, 11) is 0. The Bertz CT molecular complexity index is 433. The molecule has 0 spiro atoms. The second-order valence-electron chi connectivity index (χ2n) is 4.35. The van der Waals surface area contributed by atoms with Crippen molar-refractivity contribution in [3.63, 3.8) is 0 Å². The number of ether oxygens (including phenoxy) is 1. The summed E-state index contributed by atoms with van der Waals surface area (Å²) in [4.78, 5) is 4.50. The Hall–Kier alpha value is -1.32. The van der Waals surface area contributed by atoms with E-state index in [1.807, 2.05) is 31.2 Å². The molecule has 0 amide bonds. The molecule has 0 aromatic heterocycles. The molecule has 1 aliphatic heterocycles. The smallest absolute Gasteiger partial charge is 0.147 e. The lowest BCUT2D eigenvalue weighted by atomic mass is 9.92. The second kappa shape index (κ2) is 7.31. The highest BCUT2D eigenvalue weighted by Crippen LogP contribution is 2.22. The van der Waals surface area contributed by atoms with Crippen LogP contribution in [0.1, 0.15) is 12.5 Å². The van der Waals surface area contributed by atoms with Crippen LogP contribution >= 0.6 is 12.4 Å². The molecule has 1 N–H and O–H groups in total. The SMILES string of the molecule is C=CC(Cc1ccccc1)(OCC)C1=NCCN1.Cl. The zero-order chi connectivity index (χ0) is 12.8. The highest BCUT2D eigenvalue weighted by atomic mass is 35.5. The molecule has 1 atom stereocenters. The molecule has 19 heavy (non-hydrogen) atoms. The molecule has 4 heteroatoms. The van der Waals surface area contributed by atoms with Gasteiger partial charge in [-0.05, 0) is 12.5 Å². The fourth-order valence-corrected chi connectivity index (χ4v) is 2.27. The van der Waals surface area contributed by atoms with E-state index in [0.29, 0.717) is 6.61 Å². The van der Waals surface area contributed by atoms with Gasteiger partial charge in [-0.2, -0.15) is 0 Å². The van der Waals surface area contributed by atoms with E-state index in [4.69, 9.17) is 4.74 Å². The Labute approximate surface area is 121 Å². The van der Waals surface area contributed by atoms with Gasteiger partial charge in [0, 0.05) is 19.6 Å². The number of aliphatic imine (C=N–C) groups is 1. The van der Waals surface area contributed by atoms with Crippen LogP contribution in [-0.2, 0) is 11.2 Å². The first-order valence-corrected chi connectivity index (χ1v) is 6.41. The third-order valence-electron chi connectivity index (χ3n) is 3.12. The maximum atomic E-state index is 5.96. The normalized spacial score (nSPS) is 16.8. The van der Waals surface area contributed by atoms with Crippen LogP contribution in [0.5, 0.6) is 0 Å². The quantitative estimate of drug-likeness (QED) is 0.813. The Morgan fingerprint density at radius 1 is 1.42 bits per heavy atom. The average Bonchev–Trinajstić information content (AvgIpc) is 2.94. The Morgan fingerprint density at radius 3 is 2.68 bits per heavy atom. The minimum atomic E-state index is -0.521. The number of nitrogens with one attached hydrogen (secondary N) is 1. The van der Waals surface area contributed by atoms with Gasteiger partial charge in [0.1, 0.15) is 11.4 Å². The van der Waals surface area contributed by atoms with Gasteiger partial charge >= 0.3 is 0 Å². The minimum Gasteiger partial charge on any atom is -0.369 e. The summed E-state index contributed by atoms with van der Waals surface area (Å²) >= 11 is 0. The van der Waals surface area contributed by atoms with E-state index in [1.54, 1.807) is 0 Å². The number of rotatable bonds is 6. The van der Waals surface area contributed by atoms with Crippen molar-refractivity contribution < 1.29 is 4.74 Å². The molecular formula is C15H21ClN2O. The fraction of sp³-hybridized carbons (Fsp3) is 0.400. The molecule has 0 aliphatic carbocycles. The summed E-state index contributed by atoms with van der Waals surface area (Å²) in [6.45, 7) is 8.28. The van der Waals surface area contributed by atoms with Crippen molar-refractivity contribution >= 4 is 18.2 Å². The minimum absolute atomic E-state index is 0. The predicted octanol–water partition coefficient (Wildman–Crippen LogP) is 2.61. The molecule has 2 rings (SSSR count). The Morgan fingerprint density at radius 2 is 2.16 bits per heavy atom. The van der Waals surface area contributed by atoms with Gasteiger partial charge in [-0.15, -0.1) is 12.4 Å². The van der Waals surface area contributed by atoms with Crippen LogP contribution in [0.3, 0.4) is 0 Å². The van der Waals surface area contributed by atoms with Crippen molar-refractivity contribution in [2.75, 3.05) is 19.7 Å². The van der Waals surface area contributed by atoms with E-state index in [-0.39, 0.29) is 12.4 Å². The standard InChI is InChI=1S/C15H20N2O.ClH/c1-3-15(18-4-2,14-16-10-11-17-14)12-13-8-6-5-7-9-13;/h3,5-9H,1,4,10-12H2,2H3,(H,16,17);1H. The zero-order valence-electron chi connectivity index (χ0n) is 11.3. The Balaban J connectivity index is 0.00000180. The third kappa shape index (κ3) is 3.58. The monoisotopic (exact) mass is 280 g/mol. The van der Waals surface area contributed by atoms with Crippen LogP contribution in [0.25, 0.3) is 0 Å². The van der Waals surface area contributed by atoms with Crippen molar-refractivity contribution in [1.82, 2.24) is 5.32 Å². The molecule has 1 unspecified atom stereocenters. The van der Waals surface area contributed by atoms with Gasteiger partial charge in [0.05, 0.1) is 6.54 Å². The molecule has 1 aliphatic rings. The van der Waals surface area contributed by atoms with Crippen molar-refractivity contribution in [3.05, 3.63) is 48.6 Å². The van der Waals surface area contributed by atoms with Crippen LogP contribution in [0.2, 0.25) is 0 Å². The number of hydrogen-bond acceptors (Lipinski definition) is 3. The molecule has 3 nitrogen and oxygen atoms in total. The van der Waals surface area contributed by atoms with E-state index in [2.05, 4.69) is 29.0 Å². The highest BCUT2D eigenvalue weighted by molar-refractivity contribution is 5.94. The van der Waals surface area contributed by atoms with Gasteiger partial charge in [0.2, 0.25) is 0 Å². The van der Waals surface area contributed by atoms with Crippen molar-refractivity contribution in [3.8, 4) is 0 Å². The first-order chi connectivity index (χ1) is 8.80. The number of hydrogen-bond donors (Lipinski definition) is 1. The van der Waals surface area contributed by atoms with E-state index in [1.165, 1.54) is 5.56 Å². The topological polar surface area (TPSA) is 33.6 Å². The van der Waals surface area contributed by atoms with E-state index in [0.717, 1.165) is 25.3 Å². The highest BCUT2D eigenvalue weighted by Gasteiger charge is 2.35. The van der Waals surface area contributed by atoms with Crippen LogP contribution in [-0.4, -0.2) is 31.1 Å². The van der Waals surface area contributed by atoms with E-state index >= 15 is 0 Å². The second-order valence-corrected chi connectivity index (χ2v) is 4.35. The summed E-state index contributed by atoms with van der Waals surface area (Å²) in [5.74, 6) is 0.906. The zero-order valence-corrected chi connectivity index (χ0v) is 12.1. The molecule has 1 aromatic rings. The van der Waals surface area contributed by atoms with Gasteiger partial charge in [-0.3, -0.25) is 4.99 Å². The lowest BCUT2D eigenvalue weighted by Crippen LogP contribution is -2.47. The number of amidine groups is 1. The Kier molecular flexibility index (Phi) is 6.06. The van der Waals surface area contributed by atoms with Crippen molar-refractivity contribution in [2.45, 2.75) is 18.9 Å². The van der Waals surface area contributed by atoms with E-state index in [9.17, 15) is 0 Å². The van der Waals surface area contributed by atoms with Gasteiger partial charge < -0.3 is 10.1 Å². The van der Waals surface area contributed by atoms with Crippen LogP contribution < -0.4 is 5.32 Å². The molecule has 104 valence electrons. The van der Waals surface area contributed by atoms with Crippen LogP contribution in [0.15, 0.2) is 48.0 Å². The molecule has 0 radical (unpaired) electrons. The maximum Gasteiger partial charge on any atom is 0.147 e. The molecule has 0 bridgehead atoms. The third-order valence-corrected chi connectivity index (χ3v) is 3.12. The summed E-state index contributed by atoms with van der Waals surface area (Å²) < 4.78 is 5.96. The molecule has 1 heterocycles. The summed E-state index contributed by atoms with van der Waals surface area (Å²) in [5.41, 5.74) is 0.703. The average molecular weight is 281 g/mol. The molecule has 1 aromatic carbocycles. The number of halogens is 1. The first-order valence-electron chi connectivity index (χ1n) is 6.41. The predicted molar refractivity (Wildman–Crippen MR) is 82.3 cm³/mol. The number of benzene rings is 1. The van der Waals surface area contributed by atoms with Gasteiger partial charge in [0.25, 0.3) is 0 Å². The molecule has 0 saturated carbocycles. The largest absolute Gasteiger partial charge is 0.369 e. The molecule has 0 fully saturated rings. The van der Waals surface area contributed by atoms with Crippen LogP contribution in [0, 0.1) is 0 Å². The van der Waals surface area contributed by atoms with Gasteiger partial charge in [0.15, 0.2) is 0 Å². The summed E-state index contributed by atoms with van der Waals surface area (Å²) in [6.07, 6.45) is 2.62. The molecule has 0 saturated heterocycles. The summed E-state index contributed by atoms with van der Waals surface area (Å²) in [6, 6.07) is 10.3. The van der Waals surface area contributed by atoms with Crippen LogP contribution in [0.4, 0.5) is 0 Å². The van der Waals surface area contributed by atoms with E-state index < -0.39 is 5.60 Å². The number of nitrogens with zero attached hydrogens (tertiary/aromatic N) is 1. The lowest BCUT2D eigenvalue weighted by Gasteiger charge is -2.30. The summed E-state index contributed by atoms with van der Waals surface area (Å²) in [5, 5.41) is 3.31.